The molecule has 3 aromatic rings. The zero-order valence-electron chi connectivity index (χ0n) is 19.4. The van der Waals surface area contributed by atoms with Crippen LogP contribution < -0.4 is 5.32 Å². The highest BCUT2D eigenvalue weighted by Crippen LogP contribution is 2.20. The summed E-state index contributed by atoms with van der Waals surface area (Å²) in [6.07, 6.45) is 1.26. The Morgan fingerprint density at radius 1 is 0.971 bits per heavy atom. The van der Waals surface area contributed by atoms with E-state index in [9.17, 15) is 14.4 Å². The van der Waals surface area contributed by atoms with Gasteiger partial charge in [-0.1, -0.05) is 60.1 Å². The van der Waals surface area contributed by atoms with Crippen LogP contribution in [-0.4, -0.2) is 53.2 Å². The summed E-state index contributed by atoms with van der Waals surface area (Å²) in [4.78, 5) is 43.7. The van der Waals surface area contributed by atoms with E-state index in [1.807, 2.05) is 72.1 Å². The quantitative estimate of drug-likeness (QED) is 0.450. The highest BCUT2D eigenvalue weighted by molar-refractivity contribution is 7.09. The minimum atomic E-state index is -0.810. The van der Waals surface area contributed by atoms with Crippen molar-refractivity contribution in [2.75, 3.05) is 19.6 Å². The summed E-state index contributed by atoms with van der Waals surface area (Å²) < 4.78 is 0. The number of amides is 3. The van der Waals surface area contributed by atoms with Gasteiger partial charge in [-0.2, -0.15) is 0 Å². The van der Waals surface area contributed by atoms with Gasteiger partial charge in [-0.15, -0.1) is 11.3 Å². The molecule has 6 nitrogen and oxygen atoms in total. The average molecular weight is 510 g/mol. The van der Waals surface area contributed by atoms with Crippen molar-refractivity contribution in [2.24, 2.45) is 0 Å². The normalized spacial score (nSPS) is 16.0. The molecule has 182 valence electrons. The molecule has 4 rings (SSSR count). The van der Waals surface area contributed by atoms with Crippen LogP contribution in [0.1, 0.15) is 22.4 Å². The van der Waals surface area contributed by atoms with Gasteiger partial charge in [0.2, 0.25) is 17.7 Å². The van der Waals surface area contributed by atoms with Crippen molar-refractivity contribution in [1.82, 2.24) is 15.1 Å². The van der Waals surface area contributed by atoms with Crippen molar-refractivity contribution in [3.05, 3.63) is 93.1 Å². The number of hydrogen-bond donors (Lipinski definition) is 1. The molecule has 1 unspecified atom stereocenters. The molecule has 1 aliphatic heterocycles. The van der Waals surface area contributed by atoms with E-state index in [4.69, 9.17) is 11.6 Å². The van der Waals surface area contributed by atoms with Crippen molar-refractivity contribution < 1.29 is 14.4 Å². The highest BCUT2D eigenvalue weighted by atomic mass is 35.5. The lowest BCUT2D eigenvalue weighted by molar-refractivity contribution is -0.157. The molecule has 0 radical (unpaired) electrons. The Kier molecular flexibility index (Phi) is 8.55. The van der Waals surface area contributed by atoms with E-state index < -0.39 is 6.04 Å². The fourth-order valence-corrected chi connectivity index (χ4v) is 5.02. The fourth-order valence-electron chi connectivity index (χ4n) is 4.20. The van der Waals surface area contributed by atoms with E-state index in [2.05, 4.69) is 5.32 Å². The van der Waals surface area contributed by atoms with E-state index in [1.165, 1.54) is 0 Å². The van der Waals surface area contributed by atoms with Crippen LogP contribution in [0.2, 0.25) is 5.02 Å². The Balaban J connectivity index is 1.41. The molecule has 1 N–H and O–H groups in total. The third-order valence-corrected chi connectivity index (χ3v) is 7.23. The number of thiophene rings is 1. The van der Waals surface area contributed by atoms with Gasteiger partial charge in [-0.25, -0.2) is 0 Å². The van der Waals surface area contributed by atoms with Crippen LogP contribution in [0.3, 0.4) is 0 Å². The van der Waals surface area contributed by atoms with Crippen LogP contribution in [0.4, 0.5) is 0 Å². The molecule has 0 bridgehead atoms. The van der Waals surface area contributed by atoms with Crippen LogP contribution >= 0.6 is 22.9 Å². The number of nitrogens with one attached hydrogen (secondary N) is 1. The summed E-state index contributed by atoms with van der Waals surface area (Å²) in [6, 6.07) is 20.2. The maximum absolute atomic E-state index is 13.5. The lowest BCUT2D eigenvalue weighted by Gasteiger charge is -2.40. The standard InChI is InChI=1S/C27H28ClN3O3S/c28-22-10-8-20(9-11-22)12-14-29-25(32)17-24-27(34)30(18-21-5-2-1-3-6-21)19-26(33)31(24)15-13-23-7-4-16-35-23/h1-11,16,24H,12-15,17-19H2,(H,29,32). The molecule has 1 fully saturated rings. The smallest absolute Gasteiger partial charge is 0.246 e. The second-order valence-electron chi connectivity index (χ2n) is 8.54. The molecule has 8 heteroatoms. The van der Waals surface area contributed by atoms with Gasteiger partial charge < -0.3 is 15.1 Å². The number of benzene rings is 2. The zero-order chi connectivity index (χ0) is 24.6. The van der Waals surface area contributed by atoms with Crippen molar-refractivity contribution in [3.8, 4) is 0 Å². The second kappa shape index (κ2) is 12.0. The molecular weight excluding hydrogens is 482 g/mol. The molecular formula is C27H28ClN3O3S. The van der Waals surface area contributed by atoms with Gasteiger partial charge in [0.1, 0.15) is 12.6 Å². The van der Waals surface area contributed by atoms with Gasteiger partial charge >= 0.3 is 0 Å². The molecule has 35 heavy (non-hydrogen) atoms. The maximum atomic E-state index is 13.5. The van der Waals surface area contributed by atoms with Crippen molar-refractivity contribution in [1.29, 1.82) is 0 Å². The fraction of sp³-hybridized carbons (Fsp3) is 0.296. The molecule has 2 heterocycles. The molecule has 1 saturated heterocycles. The van der Waals surface area contributed by atoms with Gasteiger partial charge in [0, 0.05) is 29.5 Å². The van der Waals surface area contributed by atoms with E-state index in [1.54, 1.807) is 21.1 Å². The Labute approximate surface area is 214 Å². The second-order valence-corrected chi connectivity index (χ2v) is 10.0. The highest BCUT2D eigenvalue weighted by Gasteiger charge is 2.40. The molecule has 1 aliphatic rings. The minimum absolute atomic E-state index is 0.0207. The summed E-state index contributed by atoms with van der Waals surface area (Å²) in [7, 11) is 0. The molecule has 0 saturated carbocycles. The van der Waals surface area contributed by atoms with Gasteiger partial charge in [0.25, 0.3) is 0 Å². The van der Waals surface area contributed by atoms with E-state index in [0.717, 1.165) is 16.0 Å². The third kappa shape index (κ3) is 6.93. The monoisotopic (exact) mass is 509 g/mol. The van der Waals surface area contributed by atoms with Crippen LogP contribution in [-0.2, 0) is 33.8 Å². The van der Waals surface area contributed by atoms with Crippen molar-refractivity contribution in [2.45, 2.75) is 31.8 Å². The number of carbonyl (C=O) groups is 3. The number of nitrogens with zero attached hydrogens (tertiary/aromatic N) is 2. The number of rotatable bonds is 10. The minimum Gasteiger partial charge on any atom is -0.356 e. The molecule has 2 aromatic carbocycles. The molecule has 1 atom stereocenters. The first kappa shape index (κ1) is 24.9. The maximum Gasteiger partial charge on any atom is 0.246 e. The van der Waals surface area contributed by atoms with E-state index in [0.29, 0.717) is 37.5 Å². The summed E-state index contributed by atoms with van der Waals surface area (Å²) in [5.74, 6) is -0.559. The first-order valence-electron chi connectivity index (χ1n) is 11.7. The summed E-state index contributed by atoms with van der Waals surface area (Å²) in [5, 5.41) is 5.56. The Hall–Kier alpha value is -3.16. The number of piperazine rings is 1. The number of carbonyl (C=O) groups excluding carboxylic acids is 3. The van der Waals surface area contributed by atoms with Gasteiger partial charge in [0.15, 0.2) is 0 Å². The average Bonchev–Trinajstić information content (AvgIpc) is 3.37. The zero-order valence-corrected chi connectivity index (χ0v) is 20.9. The first-order valence-corrected chi connectivity index (χ1v) is 12.9. The summed E-state index contributed by atoms with van der Waals surface area (Å²) in [5.41, 5.74) is 2.01. The molecule has 1 aromatic heterocycles. The topological polar surface area (TPSA) is 69.7 Å². The van der Waals surface area contributed by atoms with E-state index in [-0.39, 0.29) is 30.7 Å². The Bertz CT molecular complexity index is 1140. The first-order chi connectivity index (χ1) is 17.0. The molecule has 3 amide bonds. The predicted octanol–water partition coefficient (Wildman–Crippen LogP) is 3.93. The van der Waals surface area contributed by atoms with E-state index >= 15 is 0 Å². The molecule has 0 spiro atoms. The van der Waals surface area contributed by atoms with Crippen LogP contribution in [0.5, 0.6) is 0 Å². The van der Waals surface area contributed by atoms with Crippen LogP contribution in [0.15, 0.2) is 72.1 Å². The number of hydrogen-bond acceptors (Lipinski definition) is 4. The summed E-state index contributed by atoms with van der Waals surface area (Å²) >= 11 is 7.55. The third-order valence-electron chi connectivity index (χ3n) is 6.04. The SMILES string of the molecule is O=C(CC1C(=O)N(Cc2ccccc2)CC(=O)N1CCc1cccs1)NCCc1ccc(Cl)cc1. The lowest BCUT2D eigenvalue weighted by Crippen LogP contribution is -2.60. The van der Waals surface area contributed by atoms with Crippen molar-refractivity contribution >= 4 is 40.7 Å². The van der Waals surface area contributed by atoms with Crippen LogP contribution in [0, 0.1) is 0 Å². The van der Waals surface area contributed by atoms with Gasteiger partial charge in [0.05, 0.1) is 6.42 Å². The molecule has 0 aliphatic carbocycles. The number of halogens is 1. The lowest BCUT2D eigenvalue weighted by atomic mass is 10.0. The Morgan fingerprint density at radius 3 is 2.46 bits per heavy atom. The van der Waals surface area contributed by atoms with Gasteiger partial charge in [-0.3, -0.25) is 14.4 Å². The summed E-state index contributed by atoms with van der Waals surface area (Å²) in [6.45, 7) is 1.22. The predicted molar refractivity (Wildman–Crippen MR) is 138 cm³/mol. The van der Waals surface area contributed by atoms with Gasteiger partial charge in [-0.05, 0) is 47.5 Å². The van der Waals surface area contributed by atoms with Crippen LogP contribution in [0.25, 0.3) is 0 Å². The van der Waals surface area contributed by atoms with Crippen molar-refractivity contribution in [3.63, 3.8) is 0 Å². The largest absolute Gasteiger partial charge is 0.356 e. The Morgan fingerprint density at radius 2 is 1.74 bits per heavy atom.